The Bertz CT molecular complexity index is 430. The van der Waals surface area contributed by atoms with E-state index in [9.17, 15) is 4.79 Å². The van der Waals surface area contributed by atoms with Gasteiger partial charge < -0.3 is 0 Å². The van der Waals surface area contributed by atoms with E-state index in [4.69, 9.17) is 5.84 Å². The molecule has 0 spiro atoms. The normalized spacial score (nSPS) is 14.0. The van der Waals surface area contributed by atoms with Gasteiger partial charge in [0.2, 0.25) is 5.91 Å². The summed E-state index contributed by atoms with van der Waals surface area (Å²) in [5.41, 5.74) is 4.47. The lowest BCUT2D eigenvalue weighted by Gasteiger charge is -2.24. The van der Waals surface area contributed by atoms with Crippen molar-refractivity contribution in [2.24, 2.45) is 11.8 Å². The molecule has 0 radical (unpaired) electrons. The van der Waals surface area contributed by atoms with Crippen molar-refractivity contribution < 1.29 is 4.79 Å². The lowest BCUT2D eigenvalue weighted by Crippen LogP contribution is -2.33. The van der Waals surface area contributed by atoms with Gasteiger partial charge >= 0.3 is 0 Å². The van der Waals surface area contributed by atoms with E-state index in [1.54, 1.807) is 0 Å². The fourth-order valence-corrected chi connectivity index (χ4v) is 2.32. The van der Waals surface area contributed by atoms with Crippen molar-refractivity contribution >= 4 is 5.91 Å². The summed E-state index contributed by atoms with van der Waals surface area (Å²) in [4.78, 5) is 14.0. The highest BCUT2D eigenvalue weighted by Gasteiger charge is 2.14. The fraction of sp³-hybridized carbons (Fsp3) is 0.588. The Hall–Kier alpha value is -1.39. The number of nitrogens with zero attached hydrogens (tertiary/aromatic N) is 1. The van der Waals surface area contributed by atoms with E-state index in [0.29, 0.717) is 0 Å². The highest BCUT2D eigenvalue weighted by atomic mass is 16.2. The van der Waals surface area contributed by atoms with Gasteiger partial charge in [0, 0.05) is 13.1 Å². The zero-order chi connectivity index (χ0) is 15.8. The van der Waals surface area contributed by atoms with E-state index >= 15 is 0 Å². The van der Waals surface area contributed by atoms with Crippen LogP contribution < -0.4 is 11.3 Å². The maximum Gasteiger partial charge on any atom is 0.241 e. The quantitative estimate of drug-likeness (QED) is 0.440. The standard InChI is InChI=1S/C17H29N3O/c1-5-13(3)11-20(6-2)12-15-7-9-16(10-8-15)14(4)17(21)19-18/h7-10,13-14H,5-6,11-12,18H2,1-4H3,(H,19,21). The van der Waals surface area contributed by atoms with Gasteiger partial charge in [-0.2, -0.15) is 0 Å². The number of rotatable bonds is 8. The molecule has 1 aromatic carbocycles. The Labute approximate surface area is 128 Å². The molecule has 4 heteroatoms. The number of nitrogens with two attached hydrogens (primary N) is 1. The van der Waals surface area contributed by atoms with Gasteiger partial charge in [-0.1, -0.05) is 51.5 Å². The minimum absolute atomic E-state index is 0.158. The van der Waals surface area contributed by atoms with Gasteiger partial charge in [-0.15, -0.1) is 0 Å². The van der Waals surface area contributed by atoms with Crippen LogP contribution in [-0.2, 0) is 11.3 Å². The minimum Gasteiger partial charge on any atom is -0.299 e. The van der Waals surface area contributed by atoms with Gasteiger partial charge in [-0.3, -0.25) is 15.1 Å². The van der Waals surface area contributed by atoms with E-state index in [-0.39, 0.29) is 11.8 Å². The summed E-state index contributed by atoms with van der Waals surface area (Å²) in [5.74, 6) is 5.52. The molecule has 1 aromatic rings. The maximum atomic E-state index is 11.5. The average Bonchev–Trinajstić information content (AvgIpc) is 2.53. The van der Waals surface area contributed by atoms with Crippen molar-refractivity contribution in [1.29, 1.82) is 0 Å². The maximum absolute atomic E-state index is 11.5. The lowest BCUT2D eigenvalue weighted by atomic mass is 9.99. The Morgan fingerprint density at radius 1 is 1.24 bits per heavy atom. The van der Waals surface area contributed by atoms with Crippen LogP contribution in [0.15, 0.2) is 24.3 Å². The smallest absolute Gasteiger partial charge is 0.241 e. The summed E-state index contributed by atoms with van der Waals surface area (Å²) < 4.78 is 0. The van der Waals surface area contributed by atoms with Gasteiger partial charge in [-0.05, 0) is 30.5 Å². The van der Waals surface area contributed by atoms with E-state index in [0.717, 1.165) is 31.1 Å². The van der Waals surface area contributed by atoms with Crippen LogP contribution in [0.1, 0.15) is 51.2 Å². The number of hydrogen-bond acceptors (Lipinski definition) is 3. The van der Waals surface area contributed by atoms with Gasteiger partial charge in [0.05, 0.1) is 5.92 Å². The van der Waals surface area contributed by atoms with Crippen molar-refractivity contribution in [3.05, 3.63) is 35.4 Å². The van der Waals surface area contributed by atoms with E-state index in [2.05, 4.69) is 43.2 Å². The predicted octanol–water partition coefficient (Wildman–Crippen LogP) is 2.65. The molecule has 0 bridgehead atoms. The molecule has 2 unspecified atom stereocenters. The molecule has 1 amide bonds. The zero-order valence-electron chi connectivity index (χ0n) is 13.7. The number of carbonyl (C=O) groups is 1. The van der Waals surface area contributed by atoms with Crippen LogP contribution in [0.3, 0.4) is 0 Å². The number of hydrogen-bond donors (Lipinski definition) is 2. The predicted molar refractivity (Wildman–Crippen MR) is 87.6 cm³/mol. The second kappa shape index (κ2) is 8.80. The van der Waals surface area contributed by atoms with Crippen LogP contribution in [0.5, 0.6) is 0 Å². The summed E-state index contributed by atoms with van der Waals surface area (Å²) >= 11 is 0. The van der Waals surface area contributed by atoms with E-state index < -0.39 is 0 Å². The summed E-state index contributed by atoms with van der Waals surface area (Å²) in [6, 6.07) is 8.25. The molecular weight excluding hydrogens is 262 g/mol. The SMILES string of the molecule is CCC(C)CN(CC)Cc1ccc(C(C)C(=O)NN)cc1. The van der Waals surface area contributed by atoms with Crippen molar-refractivity contribution in [3.8, 4) is 0 Å². The molecule has 0 saturated heterocycles. The first-order chi connectivity index (χ1) is 10.0. The van der Waals surface area contributed by atoms with Crippen LogP contribution in [-0.4, -0.2) is 23.9 Å². The molecule has 0 fully saturated rings. The number of amides is 1. The van der Waals surface area contributed by atoms with E-state index in [1.807, 2.05) is 19.1 Å². The molecule has 118 valence electrons. The third kappa shape index (κ3) is 5.48. The number of nitrogens with one attached hydrogen (secondary N) is 1. The lowest BCUT2D eigenvalue weighted by molar-refractivity contribution is -0.122. The van der Waals surface area contributed by atoms with Crippen LogP contribution in [0.4, 0.5) is 0 Å². The van der Waals surface area contributed by atoms with Crippen LogP contribution in [0.25, 0.3) is 0 Å². The molecule has 21 heavy (non-hydrogen) atoms. The van der Waals surface area contributed by atoms with Gasteiger partial charge in [0.25, 0.3) is 0 Å². The van der Waals surface area contributed by atoms with Crippen LogP contribution in [0, 0.1) is 5.92 Å². The Morgan fingerprint density at radius 3 is 2.33 bits per heavy atom. The van der Waals surface area contributed by atoms with Crippen LogP contribution >= 0.6 is 0 Å². The molecule has 0 aromatic heterocycles. The highest BCUT2D eigenvalue weighted by Crippen LogP contribution is 2.17. The largest absolute Gasteiger partial charge is 0.299 e. The van der Waals surface area contributed by atoms with Gasteiger partial charge in [0.1, 0.15) is 0 Å². The van der Waals surface area contributed by atoms with Crippen molar-refractivity contribution in [1.82, 2.24) is 10.3 Å². The average molecular weight is 291 g/mol. The van der Waals surface area contributed by atoms with Gasteiger partial charge in [-0.25, -0.2) is 5.84 Å². The summed E-state index contributed by atoms with van der Waals surface area (Å²) in [5, 5.41) is 0. The Kier molecular flexibility index (Phi) is 7.40. The molecule has 0 aliphatic carbocycles. The number of carbonyl (C=O) groups excluding carboxylic acids is 1. The van der Waals surface area contributed by atoms with Crippen molar-refractivity contribution in [2.45, 2.75) is 46.6 Å². The summed E-state index contributed by atoms with van der Waals surface area (Å²) in [7, 11) is 0. The van der Waals surface area contributed by atoms with Crippen LogP contribution in [0.2, 0.25) is 0 Å². The third-order valence-corrected chi connectivity index (χ3v) is 4.14. The second-order valence-corrected chi connectivity index (χ2v) is 5.81. The topological polar surface area (TPSA) is 58.4 Å². The molecule has 3 N–H and O–H groups in total. The summed E-state index contributed by atoms with van der Waals surface area (Å²) in [6.45, 7) is 11.7. The summed E-state index contributed by atoms with van der Waals surface area (Å²) in [6.07, 6.45) is 1.21. The molecule has 0 aliphatic heterocycles. The molecule has 2 atom stereocenters. The number of benzene rings is 1. The van der Waals surface area contributed by atoms with Crippen molar-refractivity contribution in [3.63, 3.8) is 0 Å². The fourth-order valence-electron chi connectivity index (χ4n) is 2.32. The Balaban J connectivity index is 2.67. The molecule has 0 aliphatic rings. The molecule has 0 heterocycles. The first kappa shape index (κ1) is 17.7. The van der Waals surface area contributed by atoms with Crippen molar-refractivity contribution in [2.75, 3.05) is 13.1 Å². The monoisotopic (exact) mass is 291 g/mol. The number of hydrazine groups is 1. The van der Waals surface area contributed by atoms with Gasteiger partial charge in [0.15, 0.2) is 0 Å². The first-order valence-electron chi connectivity index (χ1n) is 7.83. The zero-order valence-corrected chi connectivity index (χ0v) is 13.7. The molecule has 1 rings (SSSR count). The highest BCUT2D eigenvalue weighted by molar-refractivity contribution is 5.82. The minimum atomic E-state index is -0.216. The third-order valence-electron chi connectivity index (χ3n) is 4.14. The Morgan fingerprint density at radius 2 is 1.86 bits per heavy atom. The van der Waals surface area contributed by atoms with E-state index in [1.165, 1.54) is 12.0 Å². The molecular formula is C17H29N3O. The first-order valence-corrected chi connectivity index (χ1v) is 7.83. The molecule has 0 saturated carbocycles. The molecule has 4 nitrogen and oxygen atoms in total. The second-order valence-electron chi connectivity index (χ2n) is 5.81.